The lowest BCUT2D eigenvalue weighted by Gasteiger charge is -2.12. The van der Waals surface area contributed by atoms with Crippen molar-refractivity contribution in [1.82, 2.24) is 19.6 Å². The van der Waals surface area contributed by atoms with Crippen LogP contribution in [0.25, 0.3) is 0 Å². The standard InChI is InChI=1S/C19H21BrClN5O/c1-12(9-26-14(3)18(20)13(2)24-26)19(27)23-16-8-22-25(11-16)10-15-6-4-5-7-17(15)21/h4-8,11-12H,9-10H2,1-3H3,(H,23,27). The van der Waals surface area contributed by atoms with E-state index in [1.807, 2.05) is 49.7 Å². The first-order valence-corrected chi connectivity index (χ1v) is 9.78. The summed E-state index contributed by atoms with van der Waals surface area (Å²) in [5.41, 5.74) is 3.57. The van der Waals surface area contributed by atoms with Gasteiger partial charge < -0.3 is 5.32 Å². The first-order valence-electron chi connectivity index (χ1n) is 8.61. The van der Waals surface area contributed by atoms with Gasteiger partial charge in [-0.1, -0.05) is 36.7 Å². The quantitative estimate of drug-likeness (QED) is 0.604. The highest BCUT2D eigenvalue weighted by atomic mass is 79.9. The Morgan fingerprint density at radius 3 is 2.74 bits per heavy atom. The summed E-state index contributed by atoms with van der Waals surface area (Å²) in [6.07, 6.45) is 3.44. The van der Waals surface area contributed by atoms with Crippen LogP contribution in [0.15, 0.2) is 41.1 Å². The van der Waals surface area contributed by atoms with E-state index in [2.05, 4.69) is 31.4 Å². The predicted octanol–water partition coefficient (Wildman–Crippen LogP) is 4.44. The maximum atomic E-state index is 12.5. The van der Waals surface area contributed by atoms with Crippen molar-refractivity contribution >= 4 is 39.1 Å². The fraction of sp³-hybridized carbons (Fsp3) is 0.316. The molecular formula is C19H21BrClN5O. The third-order valence-corrected chi connectivity index (χ3v) is 5.89. The molecule has 0 aliphatic rings. The molecule has 0 aliphatic heterocycles. The Balaban J connectivity index is 1.61. The fourth-order valence-corrected chi connectivity index (χ4v) is 3.26. The molecule has 0 aliphatic carbocycles. The van der Waals surface area contributed by atoms with Gasteiger partial charge in [0.25, 0.3) is 0 Å². The number of halogens is 2. The Bertz CT molecular complexity index is 965. The second-order valence-electron chi connectivity index (χ2n) is 6.58. The van der Waals surface area contributed by atoms with Gasteiger partial charge in [-0.25, -0.2) is 0 Å². The number of anilines is 1. The lowest BCUT2D eigenvalue weighted by atomic mass is 10.1. The lowest BCUT2D eigenvalue weighted by molar-refractivity contribution is -0.119. The molecule has 2 aromatic heterocycles. The number of amides is 1. The van der Waals surface area contributed by atoms with E-state index in [0.29, 0.717) is 23.8 Å². The average molecular weight is 451 g/mol. The molecule has 3 aromatic rings. The van der Waals surface area contributed by atoms with Crippen LogP contribution in [0.2, 0.25) is 5.02 Å². The maximum absolute atomic E-state index is 12.5. The molecule has 3 rings (SSSR count). The largest absolute Gasteiger partial charge is 0.323 e. The number of rotatable bonds is 6. The molecule has 6 nitrogen and oxygen atoms in total. The molecule has 0 saturated heterocycles. The van der Waals surface area contributed by atoms with Crippen LogP contribution in [0.3, 0.4) is 0 Å². The van der Waals surface area contributed by atoms with E-state index in [1.165, 1.54) is 0 Å². The van der Waals surface area contributed by atoms with Gasteiger partial charge in [0.15, 0.2) is 0 Å². The number of hydrogen-bond donors (Lipinski definition) is 1. The highest BCUT2D eigenvalue weighted by molar-refractivity contribution is 9.10. The van der Waals surface area contributed by atoms with E-state index in [4.69, 9.17) is 11.6 Å². The van der Waals surface area contributed by atoms with Crippen LogP contribution in [-0.4, -0.2) is 25.5 Å². The normalized spacial score (nSPS) is 12.2. The van der Waals surface area contributed by atoms with Crippen LogP contribution in [0.4, 0.5) is 5.69 Å². The molecule has 8 heteroatoms. The minimum absolute atomic E-state index is 0.0732. The number of benzene rings is 1. The van der Waals surface area contributed by atoms with E-state index < -0.39 is 0 Å². The van der Waals surface area contributed by atoms with Crippen molar-refractivity contribution in [2.45, 2.75) is 33.9 Å². The first-order chi connectivity index (χ1) is 12.8. The molecule has 0 bridgehead atoms. The molecule has 1 atom stereocenters. The van der Waals surface area contributed by atoms with Gasteiger partial charge >= 0.3 is 0 Å². The van der Waals surface area contributed by atoms with E-state index >= 15 is 0 Å². The number of carbonyl (C=O) groups is 1. The number of carbonyl (C=O) groups excluding carboxylic acids is 1. The summed E-state index contributed by atoms with van der Waals surface area (Å²) in [7, 11) is 0. The van der Waals surface area contributed by atoms with Crippen molar-refractivity contribution in [3.05, 3.63) is 63.1 Å². The van der Waals surface area contributed by atoms with E-state index in [0.717, 1.165) is 21.4 Å². The molecule has 2 heterocycles. The number of hydrogen-bond acceptors (Lipinski definition) is 3. The van der Waals surface area contributed by atoms with Gasteiger partial charge in [0, 0.05) is 16.9 Å². The molecule has 142 valence electrons. The molecule has 1 unspecified atom stereocenters. The lowest BCUT2D eigenvalue weighted by Crippen LogP contribution is -2.25. The third kappa shape index (κ3) is 4.59. The maximum Gasteiger partial charge on any atom is 0.229 e. The van der Waals surface area contributed by atoms with Gasteiger partial charge in [-0.15, -0.1) is 0 Å². The van der Waals surface area contributed by atoms with Crippen LogP contribution in [0.5, 0.6) is 0 Å². The molecule has 0 saturated carbocycles. The Morgan fingerprint density at radius 1 is 1.33 bits per heavy atom. The van der Waals surface area contributed by atoms with Crippen LogP contribution in [0.1, 0.15) is 23.9 Å². The van der Waals surface area contributed by atoms with Gasteiger partial charge in [0.05, 0.1) is 41.1 Å². The molecule has 1 amide bonds. The van der Waals surface area contributed by atoms with E-state index in [9.17, 15) is 4.79 Å². The third-order valence-electron chi connectivity index (χ3n) is 4.38. The topological polar surface area (TPSA) is 64.7 Å². The summed E-state index contributed by atoms with van der Waals surface area (Å²) >= 11 is 9.70. The van der Waals surface area contributed by atoms with Crippen molar-refractivity contribution < 1.29 is 4.79 Å². The number of aromatic nitrogens is 4. The van der Waals surface area contributed by atoms with Crippen molar-refractivity contribution in [3.8, 4) is 0 Å². The molecule has 0 radical (unpaired) electrons. The Hall–Kier alpha value is -2.12. The van der Waals surface area contributed by atoms with Crippen LogP contribution >= 0.6 is 27.5 Å². The van der Waals surface area contributed by atoms with Gasteiger partial charge in [-0.3, -0.25) is 14.2 Å². The minimum Gasteiger partial charge on any atom is -0.323 e. The van der Waals surface area contributed by atoms with Gasteiger partial charge in [-0.05, 0) is 41.4 Å². The molecule has 27 heavy (non-hydrogen) atoms. The summed E-state index contributed by atoms with van der Waals surface area (Å²) < 4.78 is 4.58. The highest BCUT2D eigenvalue weighted by Crippen LogP contribution is 2.21. The first kappa shape index (κ1) is 19.6. The van der Waals surface area contributed by atoms with Gasteiger partial charge in [-0.2, -0.15) is 10.2 Å². The van der Waals surface area contributed by atoms with Gasteiger partial charge in [0.1, 0.15) is 0 Å². The fourth-order valence-electron chi connectivity index (χ4n) is 2.78. The molecule has 0 fully saturated rings. The van der Waals surface area contributed by atoms with Crippen LogP contribution < -0.4 is 5.32 Å². The molecule has 1 N–H and O–H groups in total. The summed E-state index contributed by atoms with van der Waals surface area (Å²) in [6.45, 7) is 6.86. The van der Waals surface area contributed by atoms with Crippen molar-refractivity contribution in [2.75, 3.05) is 5.32 Å². The molecule has 0 spiro atoms. The highest BCUT2D eigenvalue weighted by Gasteiger charge is 2.18. The zero-order valence-corrected chi connectivity index (χ0v) is 17.8. The van der Waals surface area contributed by atoms with Crippen LogP contribution in [-0.2, 0) is 17.9 Å². The smallest absolute Gasteiger partial charge is 0.229 e. The summed E-state index contributed by atoms with van der Waals surface area (Å²) in [5.74, 6) is -0.308. The Kier molecular flexibility index (Phi) is 6.01. The minimum atomic E-state index is -0.234. The Morgan fingerprint density at radius 2 is 2.07 bits per heavy atom. The van der Waals surface area contributed by atoms with Crippen LogP contribution in [0, 0.1) is 19.8 Å². The second-order valence-corrected chi connectivity index (χ2v) is 7.78. The monoisotopic (exact) mass is 449 g/mol. The van der Waals surface area contributed by atoms with Crippen molar-refractivity contribution in [2.24, 2.45) is 5.92 Å². The zero-order chi connectivity index (χ0) is 19.6. The predicted molar refractivity (Wildman–Crippen MR) is 110 cm³/mol. The molecule has 1 aromatic carbocycles. The zero-order valence-electron chi connectivity index (χ0n) is 15.4. The van der Waals surface area contributed by atoms with Crippen molar-refractivity contribution in [3.63, 3.8) is 0 Å². The van der Waals surface area contributed by atoms with Crippen molar-refractivity contribution in [1.29, 1.82) is 0 Å². The molecular weight excluding hydrogens is 430 g/mol. The number of aryl methyl sites for hydroxylation is 1. The SMILES string of the molecule is Cc1nn(CC(C)C(=O)Nc2cnn(Cc3ccccc3Cl)c2)c(C)c1Br. The summed E-state index contributed by atoms with van der Waals surface area (Å²) in [4.78, 5) is 12.5. The second kappa shape index (κ2) is 8.27. The average Bonchev–Trinajstić information content (AvgIpc) is 3.17. The van der Waals surface area contributed by atoms with E-state index in [1.54, 1.807) is 17.1 Å². The summed E-state index contributed by atoms with van der Waals surface area (Å²) in [6, 6.07) is 7.63. The summed E-state index contributed by atoms with van der Waals surface area (Å²) in [5, 5.41) is 12.4. The number of nitrogens with zero attached hydrogens (tertiary/aromatic N) is 4. The Labute approximate surface area is 171 Å². The number of nitrogens with one attached hydrogen (secondary N) is 1. The van der Waals surface area contributed by atoms with E-state index in [-0.39, 0.29) is 11.8 Å². The van der Waals surface area contributed by atoms with Gasteiger partial charge in [0.2, 0.25) is 5.91 Å².